The van der Waals surface area contributed by atoms with E-state index >= 15 is 0 Å². The molecule has 3 heterocycles. The van der Waals surface area contributed by atoms with Crippen molar-refractivity contribution >= 4 is 40.0 Å². The Labute approximate surface area is 162 Å². The molecule has 1 aromatic carbocycles. The maximum atomic E-state index is 12.3. The maximum Gasteiger partial charge on any atom is 0.262 e. The Bertz CT molecular complexity index is 1120. The van der Waals surface area contributed by atoms with Crippen LogP contribution < -0.4 is 10.9 Å². The second kappa shape index (κ2) is 7.77. The number of para-hydroxylation sites is 1. The van der Waals surface area contributed by atoms with Gasteiger partial charge in [-0.3, -0.25) is 9.59 Å². The lowest BCUT2D eigenvalue weighted by Gasteiger charge is -2.05. The fourth-order valence-corrected chi connectivity index (χ4v) is 3.84. The molecule has 0 atom stereocenters. The minimum atomic E-state index is -0.274. The number of aromatic amines is 1. The van der Waals surface area contributed by atoms with Crippen LogP contribution in [0, 0.1) is 0 Å². The van der Waals surface area contributed by atoms with E-state index in [1.54, 1.807) is 16.0 Å². The first-order valence-electron chi connectivity index (χ1n) is 8.16. The van der Waals surface area contributed by atoms with E-state index in [1.165, 1.54) is 18.0 Å². The van der Waals surface area contributed by atoms with Crippen LogP contribution >= 0.6 is 23.1 Å². The lowest BCUT2D eigenvalue weighted by molar-refractivity contribution is -0.118. The molecule has 7 nitrogen and oxygen atoms in total. The second-order valence-electron chi connectivity index (χ2n) is 5.65. The summed E-state index contributed by atoms with van der Waals surface area (Å²) in [4.78, 5) is 32.6. The Morgan fingerprint density at radius 3 is 2.85 bits per heavy atom. The first kappa shape index (κ1) is 17.5. The summed E-state index contributed by atoms with van der Waals surface area (Å²) in [5, 5.41) is 9.88. The van der Waals surface area contributed by atoms with Gasteiger partial charge in [-0.1, -0.05) is 36.0 Å². The van der Waals surface area contributed by atoms with Gasteiger partial charge in [0.25, 0.3) is 5.56 Å². The molecule has 0 spiro atoms. The van der Waals surface area contributed by atoms with Crippen LogP contribution in [0.3, 0.4) is 0 Å². The van der Waals surface area contributed by atoms with E-state index in [0.29, 0.717) is 22.7 Å². The standard InChI is InChI=1S/C18H15N5O2S2/c24-15(19-9-13-7-4-8-26-13)11-27-18-21-16-14(17(25)22-18)10-20-23(16)12-5-2-1-3-6-12/h1-8,10H,9,11H2,(H,19,24)(H,21,22,25). The molecule has 0 radical (unpaired) electrons. The first-order chi connectivity index (χ1) is 13.2. The predicted molar refractivity (Wildman–Crippen MR) is 106 cm³/mol. The molecule has 0 aliphatic rings. The first-order valence-corrected chi connectivity index (χ1v) is 10.0. The number of hydrogen-bond acceptors (Lipinski definition) is 6. The lowest BCUT2D eigenvalue weighted by Crippen LogP contribution is -2.24. The number of nitrogens with one attached hydrogen (secondary N) is 2. The summed E-state index contributed by atoms with van der Waals surface area (Å²) in [6, 6.07) is 13.4. The van der Waals surface area contributed by atoms with Crippen molar-refractivity contribution in [3.63, 3.8) is 0 Å². The van der Waals surface area contributed by atoms with Gasteiger partial charge in [0.05, 0.1) is 24.2 Å². The molecule has 1 amide bonds. The molecule has 0 fully saturated rings. The van der Waals surface area contributed by atoms with Crippen molar-refractivity contribution in [1.82, 2.24) is 25.1 Å². The van der Waals surface area contributed by atoms with Gasteiger partial charge in [0.15, 0.2) is 10.8 Å². The van der Waals surface area contributed by atoms with E-state index in [0.717, 1.165) is 10.6 Å². The quantitative estimate of drug-likeness (QED) is 0.385. The zero-order valence-electron chi connectivity index (χ0n) is 14.1. The van der Waals surface area contributed by atoms with Crippen molar-refractivity contribution in [2.75, 3.05) is 5.75 Å². The van der Waals surface area contributed by atoms with E-state index in [2.05, 4.69) is 20.4 Å². The zero-order chi connectivity index (χ0) is 18.6. The third kappa shape index (κ3) is 3.93. The van der Waals surface area contributed by atoms with Crippen LogP contribution in [0.25, 0.3) is 16.7 Å². The number of carbonyl (C=O) groups is 1. The molecule has 0 aliphatic heterocycles. The van der Waals surface area contributed by atoms with Gasteiger partial charge in [0.2, 0.25) is 5.91 Å². The second-order valence-corrected chi connectivity index (χ2v) is 7.64. The molecule has 2 N–H and O–H groups in total. The summed E-state index contributed by atoms with van der Waals surface area (Å²) in [6.07, 6.45) is 1.50. The van der Waals surface area contributed by atoms with Gasteiger partial charge in [-0.05, 0) is 23.6 Å². The number of benzene rings is 1. The highest BCUT2D eigenvalue weighted by Crippen LogP contribution is 2.17. The molecule has 0 bridgehead atoms. The van der Waals surface area contributed by atoms with Crippen molar-refractivity contribution in [2.45, 2.75) is 11.7 Å². The third-order valence-electron chi connectivity index (χ3n) is 3.80. The van der Waals surface area contributed by atoms with Crippen LogP contribution in [0.5, 0.6) is 0 Å². The number of H-pyrrole nitrogens is 1. The molecule has 9 heteroatoms. The summed E-state index contributed by atoms with van der Waals surface area (Å²) in [5.74, 6) is 0.0481. The molecule has 0 saturated heterocycles. The van der Waals surface area contributed by atoms with Gasteiger partial charge in [-0.2, -0.15) is 5.10 Å². The number of amides is 1. The van der Waals surface area contributed by atoms with Crippen molar-refractivity contribution in [3.05, 3.63) is 69.3 Å². The number of thioether (sulfide) groups is 1. The monoisotopic (exact) mass is 397 g/mol. The van der Waals surface area contributed by atoms with E-state index in [1.807, 2.05) is 47.8 Å². The maximum absolute atomic E-state index is 12.3. The topological polar surface area (TPSA) is 92.7 Å². The molecular weight excluding hydrogens is 382 g/mol. The normalized spacial score (nSPS) is 11.0. The number of fused-ring (bicyclic) bond motifs is 1. The van der Waals surface area contributed by atoms with E-state index < -0.39 is 0 Å². The molecule has 4 rings (SSSR count). The summed E-state index contributed by atoms with van der Waals surface area (Å²) < 4.78 is 1.62. The Balaban J connectivity index is 1.50. The van der Waals surface area contributed by atoms with Gasteiger partial charge in [-0.15, -0.1) is 11.3 Å². The van der Waals surface area contributed by atoms with Crippen molar-refractivity contribution in [3.8, 4) is 5.69 Å². The highest BCUT2D eigenvalue weighted by Gasteiger charge is 2.12. The fraction of sp³-hybridized carbons (Fsp3) is 0.111. The van der Waals surface area contributed by atoms with E-state index in [9.17, 15) is 9.59 Å². The summed E-state index contributed by atoms with van der Waals surface area (Å²) in [7, 11) is 0. The zero-order valence-corrected chi connectivity index (χ0v) is 15.7. The largest absolute Gasteiger partial charge is 0.350 e. The Morgan fingerprint density at radius 2 is 2.07 bits per heavy atom. The van der Waals surface area contributed by atoms with Gasteiger partial charge in [0.1, 0.15) is 5.39 Å². The van der Waals surface area contributed by atoms with Gasteiger partial charge in [0, 0.05) is 4.88 Å². The average Bonchev–Trinajstić information content (AvgIpc) is 3.35. The van der Waals surface area contributed by atoms with Crippen LogP contribution in [0.1, 0.15) is 4.88 Å². The summed E-state index contributed by atoms with van der Waals surface area (Å²) in [5.41, 5.74) is 1.00. The van der Waals surface area contributed by atoms with E-state index in [-0.39, 0.29) is 17.2 Å². The minimum absolute atomic E-state index is 0.118. The van der Waals surface area contributed by atoms with Gasteiger partial charge in [-0.25, -0.2) is 9.67 Å². The number of carbonyl (C=O) groups excluding carboxylic acids is 1. The van der Waals surface area contributed by atoms with Crippen LogP contribution in [0.4, 0.5) is 0 Å². The molecule has 4 aromatic rings. The molecule has 0 saturated carbocycles. The van der Waals surface area contributed by atoms with Crippen LogP contribution in [-0.4, -0.2) is 31.4 Å². The molecule has 0 aliphatic carbocycles. The summed E-state index contributed by atoms with van der Waals surface area (Å²) >= 11 is 2.78. The van der Waals surface area contributed by atoms with E-state index in [4.69, 9.17) is 0 Å². The number of aromatic nitrogens is 4. The van der Waals surface area contributed by atoms with Gasteiger partial charge >= 0.3 is 0 Å². The molecule has 27 heavy (non-hydrogen) atoms. The Kier molecular flexibility index (Phi) is 5.03. The third-order valence-corrected chi connectivity index (χ3v) is 5.55. The molecule has 0 unspecified atom stereocenters. The van der Waals surface area contributed by atoms with Crippen LogP contribution in [-0.2, 0) is 11.3 Å². The molecule has 136 valence electrons. The minimum Gasteiger partial charge on any atom is -0.350 e. The highest BCUT2D eigenvalue weighted by atomic mass is 32.2. The SMILES string of the molecule is O=C(CSc1nc2c(cnn2-c2ccccc2)c(=O)[nH]1)NCc1cccs1. The number of rotatable bonds is 6. The molecule has 3 aromatic heterocycles. The van der Waals surface area contributed by atoms with Gasteiger partial charge < -0.3 is 10.3 Å². The van der Waals surface area contributed by atoms with Crippen molar-refractivity contribution in [2.24, 2.45) is 0 Å². The van der Waals surface area contributed by atoms with Crippen molar-refractivity contribution in [1.29, 1.82) is 0 Å². The summed E-state index contributed by atoms with van der Waals surface area (Å²) in [6.45, 7) is 0.501. The van der Waals surface area contributed by atoms with Crippen molar-refractivity contribution < 1.29 is 4.79 Å². The number of thiophene rings is 1. The van der Waals surface area contributed by atoms with Crippen LogP contribution in [0.2, 0.25) is 0 Å². The Hall–Kier alpha value is -2.91. The average molecular weight is 397 g/mol. The molecular formula is C18H15N5O2S2. The Morgan fingerprint density at radius 1 is 1.22 bits per heavy atom. The smallest absolute Gasteiger partial charge is 0.262 e. The number of hydrogen-bond donors (Lipinski definition) is 2. The fourth-order valence-electron chi connectivity index (χ4n) is 2.51. The van der Waals surface area contributed by atoms with Crippen LogP contribution in [0.15, 0.2) is 64.0 Å². The lowest BCUT2D eigenvalue weighted by atomic mass is 10.3. The highest BCUT2D eigenvalue weighted by molar-refractivity contribution is 7.99. The number of nitrogens with zero attached hydrogens (tertiary/aromatic N) is 3. The predicted octanol–water partition coefficient (Wildman–Crippen LogP) is 2.58.